The first-order chi connectivity index (χ1) is 6.74. The van der Waals surface area contributed by atoms with E-state index in [1.54, 1.807) is 7.05 Å². The van der Waals surface area contributed by atoms with Crippen LogP contribution in [0.1, 0.15) is 29.1 Å². The number of hydrogen-bond donors (Lipinski definition) is 2. The zero-order valence-corrected chi connectivity index (χ0v) is 9.73. The second-order valence-corrected chi connectivity index (χ2v) is 3.55. The normalized spacial score (nSPS) is 18.9. The van der Waals surface area contributed by atoms with Crippen LogP contribution in [-0.4, -0.2) is 24.1 Å². The van der Waals surface area contributed by atoms with Crippen LogP contribution in [0.2, 0.25) is 0 Å². The maximum Gasteiger partial charge on any atom is 0.267 e. The van der Waals surface area contributed by atoms with Gasteiger partial charge < -0.3 is 15.2 Å². The minimum atomic E-state index is -0.00894. The van der Waals surface area contributed by atoms with Crippen LogP contribution in [0.4, 0.5) is 0 Å². The van der Waals surface area contributed by atoms with Crippen LogP contribution in [0, 0.1) is 0 Å². The van der Waals surface area contributed by atoms with Crippen LogP contribution in [0.25, 0.3) is 0 Å². The third-order valence-corrected chi connectivity index (χ3v) is 2.70. The molecule has 2 N–H and O–H groups in total. The van der Waals surface area contributed by atoms with E-state index in [0.29, 0.717) is 6.04 Å². The molecule has 1 amide bonds. The third-order valence-electron chi connectivity index (χ3n) is 2.70. The highest BCUT2D eigenvalue weighted by atomic mass is 35.5. The molecule has 0 aliphatic carbocycles. The maximum absolute atomic E-state index is 11.5. The smallest absolute Gasteiger partial charge is 0.267 e. The van der Waals surface area contributed by atoms with Crippen LogP contribution in [0.3, 0.4) is 0 Å². The molecule has 0 bridgehead atoms. The summed E-state index contributed by atoms with van der Waals surface area (Å²) in [5, 5.41) is 6.01. The number of carbonyl (C=O) groups is 1. The number of nitrogens with one attached hydrogen (secondary N) is 2. The monoisotopic (exact) mass is 229 g/mol. The third kappa shape index (κ3) is 2.01. The van der Waals surface area contributed by atoms with Crippen molar-refractivity contribution in [3.63, 3.8) is 0 Å². The van der Waals surface area contributed by atoms with Crippen LogP contribution in [0.15, 0.2) is 12.1 Å². The average molecular weight is 230 g/mol. The second-order valence-electron chi connectivity index (χ2n) is 3.55. The number of aromatic nitrogens is 1. The van der Waals surface area contributed by atoms with Crippen LogP contribution < -0.4 is 10.6 Å². The quantitative estimate of drug-likeness (QED) is 0.753. The molecule has 1 aliphatic heterocycles. The lowest BCUT2D eigenvalue weighted by Gasteiger charge is -2.24. The fraction of sp³-hybridized carbons (Fsp3) is 0.500. The number of rotatable bonds is 1. The van der Waals surface area contributed by atoms with E-state index in [1.807, 2.05) is 12.1 Å². The first kappa shape index (κ1) is 12.1. The van der Waals surface area contributed by atoms with Gasteiger partial charge in [0.1, 0.15) is 5.69 Å². The topological polar surface area (TPSA) is 46.1 Å². The molecule has 0 spiro atoms. The van der Waals surface area contributed by atoms with E-state index in [4.69, 9.17) is 0 Å². The van der Waals surface area contributed by atoms with Gasteiger partial charge in [-0.15, -0.1) is 12.4 Å². The SMILES string of the molecule is CNC(=O)c1ccc2n1CCNC2C.Cl. The molecule has 2 heterocycles. The lowest BCUT2D eigenvalue weighted by atomic mass is 10.2. The predicted molar refractivity (Wildman–Crippen MR) is 61.5 cm³/mol. The van der Waals surface area contributed by atoms with Gasteiger partial charge in [-0.1, -0.05) is 0 Å². The molecule has 4 nitrogen and oxygen atoms in total. The molecule has 0 radical (unpaired) electrons. The number of fused-ring (bicyclic) bond motifs is 1. The lowest BCUT2D eigenvalue weighted by molar-refractivity contribution is 0.0952. The molecular weight excluding hydrogens is 214 g/mol. The number of hydrogen-bond acceptors (Lipinski definition) is 2. The molecular formula is C10H16ClN3O. The highest BCUT2D eigenvalue weighted by Crippen LogP contribution is 2.20. The van der Waals surface area contributed by atoms with E-state index < -0.39 is 0 Å². The van der Waals surface area contributed by atoms with E-state index in [1.165, 1.54) is 5.69 Å². The van der Waals surface area contributed by atoms with Crippen molar-refractivity contribution in [3.8, 4) is 0 Å². The predicted octanol–water partition coefficient (Wildman–Crippen LogP) is 0.934. The van der Waals surface area contributed by atoms with Crippen LogP contribution in [0.5, 0.6) is 0 Å². The summed E-state index contributed by atoms with van der Waals surface area (Å²) in [6.07, 6.45) is 0. The first-order valence-electron chi connectivity index (χ1n) is 4.89. The molecule has 1 aliphatic rings. The number of carbonyl (C=O) groups excluding carboxylic acids is 1. The largest absolute Gasteiger partial charge is 0.354 e. The Labute approximate surface area is 95.4 Å². The fourth-order valence-electron chi connectivity index (χ4n) is 1.93. The zero-order valence-electron chi connectivity index (χ0n) is 8.91. The van der Waals surface area contributed by atoms with Crippen molar-refractivity contribution in [2.24, 2.45) is 0 Å². The van der Waals surface area contributed by atoms with Crippen molar-refractivity contribution in [3.05, 3.63) is 23.5 Å². The summed E-state index contributed by atoms with van der Waals surface area (Å²) >= 11 is 0. The van der Waals surface area contributed by atoms with E-state index in [9.17, 15) is 4.79 Å². The van der Waals surface area contributed by atoms with Gasteiger partial charge in [0.25, 0.3) is 5.91 Å². The van der Waals surface area contributed by atoms with Crippen molar-refractivity contribution in [1.29, 1.82) is 0 Å². The summed E-state index contributed by atoms with van der Waals surface area (Å²) in [5.41, 5.74) is 1.95. The molecule has 1 atom stereocenters. The highest BCUT2D eigenvalue weighted by molar-refractivity contribution is 5.92. The van der Waals surface area contributed by atoms with Gasteiger partial charge in [-0.3, -0.25) is 4.79 Å². The van der Waals surface area contributed by atoms with Crippen LogP contribution in [-0.2, 0) is 6.54 Å². The van der Waals surface area contributed by atoms with Gasteiger partial charge in [0, 0.05) is 31.9 Å². The Kier molecular flexibility index (Phi) is 3.77. The van der Waals surface area contributed by atoms with Gasteiger partial charge in [-0.2, -0.15) is 0 Å². The number of nitrogens with zero attached hydrogens (tertiary/aromatic N) is 1. The summed E-state index contributed by atoms with van der Waals surface area (Å²) in [6.45, 7) is 3.90. The molecule has 1 aromatic rings. The molecule has 84 valence electrons. The Hall–Kier alpha value is -1.00. The summed E-state index contributed by atoms with van der Waals surface area (Å²) in [5.74, 6) is -0.00894. The Morgan fingerprint density at radius 3 is 3.00 bits per heavy atom. The molecule has 1 aromatic heterocycles. The molecule has 0 saturated carbocycles. The molecule has 2 rings (SSSR count). The summed E-state index contributed by atoms with van der Waals surface area (Å²) in [6, 6.07) is 4.24. The van der Waals surface area contributed by atoms with Crippen molar-refractivity contribution >= 4 is 18.3 Å². The fourth-order valence-corrected chi connectivity index (χ4v) is 1.93. The maximum atomic E-state index is 11.5. The Morgan fingerprint density at radius 2 is 2.33 bits per heavy atom. The Bertz CT molecular complexity index is 362. The molecule has 15 heavy (non-hydrogen) atoms. The van der Waals surface area contributed by atoms with Gasteiger partial charge in [0.2, 0.25) is 0 Å². The minimum Gasteiger partial charge on any atom is -0.354 e. The highest BCUT2D eigenvalue weighted by Gasteiger charge is 2.20. The van der Waals surface area contributed by atoms with Gasteiger partial charge >= 0.3 is 0 Å². The van der Waals surface area contributed by atoms with Gasteiger partial charge in [-0.05, 0) is 19.1 Å². The van der Waals surface area contributed by atoms with E-state index in [0.717, 1.165) is 18.8 Å². The van der Waals surface area contributed by atoms with E-state index in [-0.39, 0.29) is 18.3 Å². The van der Waals surface area contributed by atoms with E-state index in [2.05, 4.69) is 22.1 Å². The Morgan fingerprint density at radius 1 is 1.60 bits per heavy atom. The van der Waals surface area contributed by atoms with Gasteiger partial charge in [0.05, 0.1) is 0 Å². The van der Waals surface area contributed by atoms with Gasteiger partial charge in [0.15, 0.2) is 0 Å². The van der Waals surface area contributed by atoms with E-state index >= 15 is 0 Å². The second kappa shape index (κ2) is 4.68. The summed E-state index contributed by atoms with van der Waals surface area (Å²) < 4.78 is 2.08. The summed E-state index contributed by atoms with van der Waals surface area (Å²) in [7, 11) is 1.66. The zero-order chi connectivity index (χ0) is 10.1. The van der Waals surface area contributed by atoms with Gasteiger partial charge in [-0.25, -0.2) is 0 Å². The van der Waals surface area contributed by atoms with Crippen molar-refractivity contribution in [2.75, 3.05) is 13.6 Å². The number of halogens is 1. The van der Waals surface area contributed by atoms with Crippen molar-refractivity contribution < 1.29 is 4.79 Å². The average Bonchev–Trinajstić information content (AvgIpc) is 2.62. The minimum absolute atomic E-state index is 0. The lowest BCUT2D eigenvalue weighted by Crippen LogP contribution is -2.33. The van der Waals surface area contributed by atoms with Crippen molar-refractivity contribution in [2.45, 2.75) is 19.5 Å². The summed E-state index contributed by atoms with van der Waals surface area (Å²) in [4.78, 5) is 11.5. The standard InChI is InChI=1S/C10H15N3O.ClH/c1-7-8-3-4-9(10(14)11-2)13(8)6-5-12-7;/h3-4,7,12H,5-6H2,1-2H3,(H,11,14);1H. The molecule has 1 unspecified atom stereocenters. The number of amides is 1. The molecule has 5 heteroatoms. The molecule has 0 aromatic carbocycles. The molecule has 0 fully saturated rings. The van der Waals surface area contributed by atoms with Crippen molar-refractivity contribution in [1.82, 2.24) is 15.2 Å². The van der Waals surface area contributed by atoms with Crippen LogP contribution >= 0.6 is 12.4 Å². The molecule has 0 saturated heterocycles. The Balaban J connectivity index is 0.00000112. The first-order valence-corrected chi connectivity index (χ1v) is 4.89.